The van der Waals surface area contributed by atoms with Crippen LogP contribution >= 0.6 is 0 Å². The molecule has 1 aromatic heterocycles. The molecule has 0 aliphatic rings. The minimum Gasteiger partial charge on any atom is -0.338 e. The lowest BCUT2D eigenvalue weighted by Crippen LogP contribution is -2.29. The lowest BCUT2D eigenvalue weighted by Gasteiger charge is -2.11. The van der Waals surface area contributed by atoms with Crippen LogP contribution in [0.2, 0.25) is 0 Å². The lowest BCUT2D eigenvalue weighted by atomic mass is 10.4. The molecule has 0 unspecified atom stereocenters. The molecular formula is C9H16N4O. The molecule has 5 nitrogen and oxygen atoms in total. The molecule has 1 rings (SSSR count). The highest BCUT2D eigenvalue weighted by molar-refractivity contribution is 5.88. The Hall–Kier alpha value is -1.52. The van der Waals surface area contributed by atoms with Gasteiger partial charge in [-0.2, -0.15) is 5.10 Å². The van der Waals surface area contributed by atoms with Crippen LogP contribution in [0.15, 0.2) is 12.3 Å². The van der Waals surface area contributed by atoms with Crippen molar-refractivity contribution in [2.24, 2.45) is 0 Å². The van der Waals surface area contributed by atoms with Gasteiger partial charge in [0.05, 0.1) is 6.20 Å². The largest absolute Gasteiger partial charge is 0.338 e. The Morgan fingerprint density at radius 2 is 2.36 bits per heavy atom. The van der Waals surface area contributed by atoms with E-state index in [4.69, 9.17) is 0 Å². The first kappa shape index (κ1) is 10.6. The number of nitrogens with zero attached hydrogens (tertiary/aromatic N) is 2. The predicted octanol–water partition coefficient (Wildman–Crippen LogP) is 1.61. The van der Waals surface area contributed by atoms with Gasteiger partial charge in [0.1, 0.15) is 5.82 Å². The van der Waals surface area contributed by atoms with E-state index >= 15 is 0 Å². The molecule has 1 aromatic rings. The Kier molecular flexibility index (Phi) is 3.50. The number of rotatable bonds is 3. The van der Waals surface area contributed by atoms with Gasteiger partial charge in [0, 0.05) is 18.7 Å². The summed E-state index contributed by atoms with van der Waals surface area (Å²) < 4.78 is 1.76. The second kappa shape index (κ2) is 4.64. The smallest absolute Gasteiger partial charge is 0.320 e. The zero-order valence-electron chi connectivity index (χ0n) is 8.74. The first-order chi connectivity index (χ1) is 6.65. The zero-order chi connectivity index (χ0) is 10.6. The van der Waals surface area contributed by atoms with Gasteiger partial charge in [-0.15, -0.1) is 0 Å². The summed E-state index contributed by atoms with van der Waals surface area (Å²) >= 11 is 0. The first-order valence-electron chi connectivity index (χ1n) is 4.73. The topological polar surface area (TPSA) is 59.0 Å². The summed E-state index contributed by atoms with van der Waals surface area (Å²) in [7, 11) is 0. The molecule has 14 heavy (non-hydrogen) atoms. The van der Waals surface area contributed by atoms with Gasteiger partial charge in [0.25, 0.3) is 0 Å². The molecule has 0 aromatic carbocycles. The summed E-state index contributed by atoms with van der Waals surface area (Å²) in [5, 5.41) is 9.49. The van der Waals surface area contributed by atoms with E-state index < -0.39 is 0 Å². The zero-order valence-corrected chi connectivity index (χ0v) is 8.74. The van der Waals surface area contributed by atoms with E-state index in [-0.39, 0.29) is 12.1 Å². The average molecular weight is 196 g/mol. The van der Waals surface area contributed by atoms with Crippen molar-refractivity contribution >= 4 is 11.8 Å². The van der Waals surface area contributed by atoms with Crippen LogP contribution in [-0.2, 0) is 0 Å². The monoisotopic (exact) mass is 196 g/mol. The second-order valence-corrected chi connectivity index (χ2v) is 3.24. The van der Waals surface area contributed by atoms with Crippen LogP contribution in [0.5, 0.6) is 0 Å². The van der Waals surface area contributed by atoms with Crippen LogP contribution < -0.4 is 10.6 Å². The third-order valence-corrected chi connectivity index (χ3v) is 1.74. The number of nitrogens with one attached hydrogen (secondary N) is 2. The van der Waals surface area contributed by atoms with Gasteiger partial charge in [0.15, 0.2) is 0 Å². The fourth-order valence-electron chi connectivity index (χ4n) is 1.15. The summed E-state index contributed by atoms with van der Waals surface area (Å²) in [6.45, 7) is 6.51. The fourth-order valence-corrected chi connectivity index (χ4v) is 1.15. The Morgan fingerprint density at radius 1 is 1.64 bits per heavy atom. The van der Waals surface area contributed by atoms with E-state index in [1.165, 1.54) is 0 Å². The summed E-state index contributed by atoms with van der Waals surface area (Å²) in [5.41, 5.74) is 0. The van der Waals surface area contributed by atoms with Crippen molar-refractivity contribution in [1.82, 2.24) is 15.1 Å². The molecule has 0 aliphatic heterocycles. The third kappa shape index (κ3) is 2.48. The predicted molar refractivity (Wildman–Crippen MR) is 55.3 cm³/mol. The average Bonchev–Trinajstić information content (AvgIpc) is 2.52. The SMILES string of the molecule is CCNC(=O)Nc1ccnn1C(C)C. The van der Waals surface area contributed by atoms with E-state index in [0.717, 1.165) is 0 Å². The Bertz CT molecular complexity index is 306. The maximum atomic E-state index is 11.2. The number of aromatic nitrogens is 2. The molecular weight excluding hydrogens is 180 g/mol. The molecule has 2 N–H and O–H groups in total. The molecule has 2 amide bonds. The van der Waals surface area contributed by atoms with Crippen LogP contribution in [0.4, 0.5) is 10.6 Å². The molecule has 0 aliphatic carbocycles. The van der Waals surface area contributed by atoms with Gasteiger partial charge in [0.2, 0.25) is 0 Å². The van der Waals surface area contributed by atoms with Gasteiger partial charge in [-0.1, -0.05) is 0 Å². The van der Waals surface area contributed by atoms with Gasteiger partial charge < -0.3 is 5.32 Å². The first-order valence-corrected chi connectivity index (χ1v) is 4.73. The van der Waals surface area contributed by atoms with Crippen molar-refractivity contribution < 1.29 is 4.79 Å². The Morgan fingerprint density at radius 3 is 2.93 bits per heavy atom. The van der Waals surface area contributed by atoms with E-state index in [2.05, 4.69) is 15.7 Å². The van der Waals surface area contributed by atoms with E-state index in [9.17, 15) is 4.79 Å². The van der Waals surface area contributed by atoms with Gasteiger partial charge in [-0.3, -0.25) is 5.32 Å². The summed E-state index contributed by atoms with van der Waals surface area (Å²) in [5.74, 6) is 0.714. The summed E-state index contributed by atoms with van der Waals surface area (Å²) in [4.78, 5) is 11.2. The Labute approximate surface area is 83.5 Å². The normalized spacial score (nSPS) is 10.3. The fraction of sp³-hybridized carbons (Fsp3) is 0.556. The number of urea groups is 1. The summed E-state index contributed by atoms with van der Waals surface area (Å²) in [6.07, 6.45) is 1.67. The standard InChI is InChI=1S/C9H16N4O/c1-4-10-9(14)12-8-5-6-11-13(8)7(2)3/h5-7H,4H2,1-3H3,(H2,10,12,14). The number of carbonyl (C=O) groups is 1. The highest BCUT2D eigenvalue weighted by Gasteiger charge is 2.07. The lowest BCUT2D eigenvalue weighted by molar-refractivity contribution is 0.252. The number of amides is 2. The molecule has 0 radical (unpaired) electrons. The van der Waals surface area contributed by atoms with Crippen LogP contribution in [0.25, 0.3) is 0 Å². The van der Waals surface area contributed by atoms with Crippen LogP contribution in [0, 0.1) is 0 Å². The van der Waals surface area contributed by atoms with Crippen molar-refractivity contribution in [3.8, 4) is 0 Å². The van der Waals surface area contributed by atoms with Crippen molar-refractivity contribution in [1.29, 1.82) is 0 Å². The molecule has 0 saturated carbocycles. The highest BCUT2D eigenvalue weighted by Crippen LogP contribution is 2.12. The van der Waals surface area contributed by atoms with Crippen molar-refractivity contribution in [3.63, 3.8) is 0 Å². The van der Waals surface area contributed by atoms with E-state index in [1.54, 1.807) is 16.9 Å². The van der Waals surface area contributed by atoms with Crippen LogP contribution in [-0.4, -0.2) is 22.4 Å². The number of hydrogen-bond acceptors (Lipinski definition) is 2. The molecule has 5 heteroatoms. The number of hydrogen-bond donors (Lipinski definition) is 2. The van der Waals surface area contributed by atoms with Gasteiger partial charge >= 0.3 is 6.03 Å². The second-order valence-electron chi connectivity index (χ2n) is 3.24. The highest BCUT2D eigenvalue weighted by atomic mass is 16.2. The van der Waals surface area contributed by atoms with Gasteiger partial charge in [-0.25, -0.2) is 9.48 Å². The number of anilines is 1. The molecule has 0 fully saturated rings. The maximum absolute atomic E-state index is 11.2. The summed E-state index contributed by atoms with van der Waals surface area (Å²) in [6, 6.07) is 1.81. The Balaban J connectivity index is 2.66. The van der Waals surface area contributed by atoms with Crippen LogP contribution in [0.3, 0.4) is 0 Å². The van der Waals surface area contributed by atoms with Crippen molar-refractivity contribution in [3.05, 3.63) is 12.3 Å². The quantitative estimate of drug-likeness (QED) is 0.771. The number of carbonyl (C=O) groups excluding carboxylic acids is 1. The molecule has 0 saturated heterocycles. The molecule has 0 atom stereocenters. The minimum absolute atomic E-state index is 0.199. The van der Waals surface area contributed by atoms with Gasteiger partial charge in [-0.05, 0) is 20.8 Å². The molecule has 0 spiro atoms. The molecule has 1 heterocycles. The minimum atomic E-state index is -0.199. The van der Waals surface area contributed by atoms with Crippen LogP contribution in [0.1, 0.15) is 26.8 Å². The molecule has 0 bridgehead atoms. The molecule has 78 valence electrons. The maximum Gasteiger partial charge on any atom is 0.320 e. The third-order valence-electron chi connectivity index (χ3n) is 1.74. The van der Waals surface area contributed by atoms with Crippen molar-refractivity contribution in [2.45, 2.75) is 26.8 Å². The van der Waals surface area contributed by atoms with E-state index in [0.29, 0.717) is 12.4 Å². The van der Waals surface area contributed by atoms with E-state index in [1.807, 2.05) is 20.8 Å². The van der Waals surface area contributed by atoms with Crippen molar-refractivity contribution in [2.75, 3.05) is 11.9 Å².